The van der Waals surface area contributed by atoms with Crippen LogP contribution in [0.4, 0.5) is 5.69 Å². The molecule has 19 heavy (non-hydrogen) atoms. The van der Waals surface area contributed by atoms with Gasteiger partial charge in [0, 0.05) is 0 Å². The smallest absolute Gasteiger partial charge is 0.0748 e. The maximum Gasteiger partial charge on any atom is 0.0748 e. The molecule has 0 saturated carbocycles. The molecule has 6 heteroatoms. The predicted molar refractivity (Wildman–Crippen MR) is 78.6 cm³/mol. The molecule has 1 heterocycles. The van der Waals surface area contributed by atoms with Crippen LogP contribution in [0.3, 0.4) is 0 Å². The molecule has 0 aliphatic rings. The van der Waals surface area contributed by atoms with E-state index >= 15 is 0 Å². The average molecular weight is 338 g/mol. The lowest BCUT2D eigenvalue weighted by molar-refractivity contribution is -0.255. The Labute approximate surface area is 122 Å². The Kier molecular flexibility index (Phi) is 4.34. The minimum Gasteiger partial charge on any atom is -0.545 e. The maximum atomic E-state index is 10.6. The van der Waals surface area contributed by atoms with Gasteiger partial charge in [0.05, 0.1) is 26.0 Å². The Morgan fingerprint density at radius 1 is 1.26 bits per heavy atom. The Balaban J connectivity index is 2.07. The molecule has 98 valence electrons. The topological polar surface area (TPSA) is 64.5 Å². The first-order valence-corrected chi connectivity index (χ1v) is 7.04. The molecular formula is C13H10BrN2O2S-. The van der Waals surface area contributed by atoms with E-state index in [0.717, 1.165) is 20.1 Å². The summed E-state index contributed by atoms with van der Waals surface area (Å²) in [6.45, 7) is 1.90. The lowest BCUT2D eigenvalue weighted by Crippen LogP contribution is -2.21. The van der Waals surface area contributed by atoms with E-state index in [1.54, 1.807) is 23.5 Å². The molecule has 0 aliphatic heterocycles. The van der Waals surface area contributed by atoms with Crippen LogP contribution in [0.25, 0.3) is 0 Å². The molecule has 0 unspecified atom stereocenters. The molecular weight excluding hydrogens is 328 g/mol. The fourth-order valence-electron chi connectivity index (χ4n) is 1.39. The number of carboxylic acid groups (broad SMARTS) is 1. The minimum atomic E-state index is -1.19. The molecule has 0 saturated heterocycles. The summed E-state index contributed by atoms with van der Waals surface area (Å²) in [7, 11) is 0. The number of nitrogens with zero attached hydrogens (tertiary/aromatic N) is 1. The lowest BCUT2D eigenvalue weighted by atomic mass is 10.2. The first kappa shape index (κ1) is 13.8. The van der Waals surface area contributed by atoms with Crippen LogP contribution >= 0.6 is 27.3 Å². The first-order chi connectivity index (χ1) is 9.06. The van der Waals surface area contributed by atoms with Gasteiger partial charge in [0.1, 0.15) is 0 Å². The third-order valence-corrected chi connectivity index (χ3v) is 4.14. The summed E-state index contributed by atoms with van der Waals surface area (Å²) in [4.78, 5) is 11.7. The number of anilines is 1. The van der Waals surface area contributed by atoms with Gasteiger partial charge >= 0.3 is 0 Å². The third-order valence-electron chi connectivity index (χ3n) is 2.40. The number of halogens is 1. The lowest BCUT2D eigenvalue weighted by Gasteiger charge is -2.05. The second-order valence-electron chi connectivity index (χ2n) is 3.78. The number of carbonyl (C=O) groups excluding carboxylic acids is 1. The first-order valence-electron chi connectivity index (χ1n) is 5.43. The Bertz CT molecular complexity index is 620. The number of rotatable bonds is 4. The summed E-state index contributed by atoms with van der Waals surface area (Å²) < 4.78 is 1.05. The Morgan fingerprint density at radius 2 is 1.95 bits per heavy atom. The van der Waals surface area contributed by atoms with Gasteiger partial charge in [-0.1, -0.05) is 12.1 Å². The zero-order valence-electron chi connectivity index (χ0n) is 10.0. The number of benzene rings is 1. The second-order valence-corrected chi connectivity index (χ2v) is 6.24. The molecule has 0 aliphatic carbocycles. The van der Waals surface area contributed by atoms with Gasteiger partial charge in [-0.3, -0.25) is 5.43 Å². The van der Waals surface area contributed by atoms with E-state index in [2.05, 4.69) is 26.5 Å². The van der Waals surface area contributed by atoms with Gasteiger partial charge in [-0.2, -0.15) is 5.10 Å². The molecule has 0 amide bonds. The molecule has 1 aromatic carbocycles. The van der Waals surface area contributed by atoms with E-state index in [1.807, 2.05) is 19.1 Å². The van der Waals surface area contributed by atoms with Crippen LogP contribution in [0, 0.1) is 0 Å². The Morgan fingerprint density at radius 3 is 2.47 bits per heavy atom. The van der Waals surface area contributed by atoms with Crippen molar-refractivity contribution in [1.82, 2.24) is 0 Å². The van der Waals surface area contributed by atoms with Crippen LogP contribution in [-0.2, 0) is 0 Å². The van der Waals surface area contributed by atoms with E-state index in [4.69, 9.17) is 0 Å². The van der Waals surface area contributed by atoms with E-state index in [9.17, 15) is 9.90 Å². The van der Waals surface area contributed by atoms with Gasteiger partial charge < -0.3 is 9.90 Å². The molecule has 1 aromatic heterocycles. The monoisotopic (exact) mass is 337 g/mol. The van der Waals surface area contributed by atoms with E-state index in [-0.39, 0.29) is 5.56 Å². The number of hydrogen-bond acceptors (Lipinski definition) is 5. The van der Waals surface area contributed by atoms with Crippen molar-refractivity contribution >= 4 is 44.6 Å². The molecule has 1 N–H and O–H groups in total. The van der Waals surface area contributed by atoms with Crippen LogP contribution in [-0.4, -0.2) is 11.7 Å². The second kappa shape index (κ2) is 5.99. The van der Waals surface area contributed by atoms with Crippen molar-refractivity contribution in [2.45, 2.75) is 6.92 Å². The molecule has 2 aromatic rings. The van der Waals surface area contributed by atoms with Crippen molar-refractivity contribution < 1.29 is 9.90 Å². The molecule has 0 spiro atoms. The summed E-state index contributed by atoms with van der Waals surface area (Å²) >= 11 is 5.00. The molecule has 0 fully saturated rings. The van der Waals surface area contributed by atoms with Crippen LogP contribution < -0.4 is 10.5 Å². The standard InChI is InChI=1S/C13H11BrN2O2S/c1-8(11-6-7-12(14)19-11)15-16-10-4-2-9(3-5-10)13(17)18/h2-7,16H,1H3,(H,17,18)/p-1/b15-8-. The van der Waals surface area contributed by atoms with Crippen molar-refractivity contribution in [3.05, 3.63) is 50.6 Å². The molecule has 4 nitrogen and oxygen atoms in total. The average Bonchev–Trinajstić information content (AvgIpc) is 2.83. The number of hydrazone groups is 1. The van der Waals surface area contributed by atoms with Gasteiger partial charge in [0.25, 0.3) is 0 Å². The van der Waals surface area contributed by atoms with Crippen molar-refractivity contribution in [2.75, 3.05) is 5.43 Å². The fourth-order valence-corrected chi connectivity index (χ4v) is 2.72. The minimum absolute atomic E-state index is 0.147. The van der Waals surface area contributed by atoms with Crippen LogP contribution in [0.15, 0.2) is 45.3 Å². The number of carboxylic acids is 1. The van der Waals surface area contributed by atoms with E-state index in [1.165, 1.54) is 12.1 Å². The summed E-state index contributed by atoms with van der Waals surface area (Å²) in [5.41, 5.74) is 4.61. The number of carbonyl (C=O) groups is 1. The van der Waals surface area contributed by atoms with Crippen LogP contribution in [0.1, 0.15) is 22.2 Å². The normalized spacial score (nSPS) is 11.4. The number of aromatic carboxylic acids is 1. The quantitative estimate of drug-likeness (QED) is 0.689. The fraction of sp³-hybridized carbons (Fsp3) is 0.0769. The molecule has 0 bridgehead atoms. The molecule has 2 rings (SSSR count). The number of nitrogens with one attached hydrogen (secondary N) is 1. The maximum absolute atomic E-state index is 10.6. The van der Waals surface area contributed by atoms with E-state index < -0.39 is 5.97 Å². The summed E-state index contributed by atoms with van der Waals surface area (Å²) in [6.07, 6.45) is 0. The molecule has 0 atom stereocenters. The van der Waals surface area contributed by atoms with Crippen molar-refractivity contribution in [1.29, 1.82) is 0 Å². The highest BCUT2D eigenvalue weighted by Gasteiger charge is 2.01. The number of thiophene rings is 1. The summed E-state index contributed by atoms with van der Waals surface area (Å²) in [5, 5.41) is 14.8. The Hall–Kier alpha value is -1.66. The van der Waals surface area contributed by atoms with Crippen LogP contribution in [0.2, 0.25) is 0 Å². The zero-order valence-corrected chi connectivity index (χ0v) is 12.4. The van der Waals surface area contributed by atoms with Crippen molar-refractivity contribution in [3.8, 4) is 0 Å². The molecule has 0 radical (unpaired) electrons. The van der Waals surface area contributed by atoms with Gasteiger partial charge in [0.15, 0.2) is 0 Å². The highest BCUT2D eigenvalue weighted by atomic mass is 79.9. The van der Waals surface area contributed by atoms with Gasteiger partial charge in [-0.25, -0.2) is 0 Å². The highest BCUT2D eigenvalue weighted by molar-refractivity contribution is 9.11. The summed E-state index contributed by atoms with van der Waals surface area (Å²) in [5.74, 6) is -1.19. The van der Waals surface area contributed by atoms with Gasteiger partial charge in [-0.05, 0) is 52.7 Å². The zero-order chi connectivity index (χ0) is 13.8. The predicted octanol–water partition coefficient (Wildman–Crippen LogP) is 2.71. The number of hydrogen-bond donors (Lipinski definition) is 1. The third kappa shape index (κ3) is 3.65. The SMILES string of the molecule is C/C(=N/Nc1ccc(C(=O)[O-])cc1)c1ccc(Br)s1. The summed E-state index contributed by atoms with van der Waals surface area (Å²) in [6, 6.07) is 10.2. The van der Waals surface area contributed by atoms with Crippen molar-refractivity contribution in [3.63, 3.8) is 0 Å². The van der Waals surface area contributed by atoms with Crippen LogP contribution in [0.5, 0.6) is 0 Å². The van der Waals surface area contributed by atoms with E-state index in [0.29, 0.717) is 0 Å². The highest BCUT2D eigenvalue weighted by Crippen LogP contribution is 2.22. The van der Waals surface area contributed by atoms with Gasteiger partial charge in [-0.15, -0.1) is 11.3 Å². The largest absolute Gasteiger partial charge is 0.545 e. The van der Waals surface area contributed by atoms with Crippen molar-refractivity contribution in [2.24, 2.45) is 5.10 Å². The van der Waals surface area contributed by atoms with Gasteiger partial charge in [0.2, 0.25) is 0 Å².